The molecule has 1 aliphatic heterocycles. The third-order valence-corrected chi connectivity index (χ3v) is 5.06. The molecule has 4 rings (SSSR count). The molecule has 0 unspecified atom stereocenters. The van der Waals surface area contributed by atoms with Crippen LogP contribution in [0.2, 0.25) is 0 Å². The standard InChI is InChI=1S/C22H23N3O3/c26-21(11-13-25-16-23-20-9-5-4-8-19(20)22(25)27)28-18-10-12-24(15-18)14-17-6-2-1-3-7-17/h1-9,16,18H,10-15H2/t18-/m1/s1. The molecular formula is C22H23N3O3. The summed E-state index contributed by atoms with van der Waals surface area (Å²) < 4.78 is 7.08. The van der Waals surface area contributed by atoms with Gasteiger partial charge in [0.25, 0.3) is 5.56 Å². The summed E-state index contributed by atoms with van der Waals surface area (Å²) in [6, 6.07) is 17.5. The van der Waals surface area contributed by atoms with Crippen LogP contribution in [-0.4, -0.2) is 39.6 Å². The van der Waals surface area contributed by atoms with Gasteiger partial charge >= 0.3 is 5.97 Å². The van der Waals surface area contributed by atoms with Gasteiger partial charge in [-0.3, -0.25) is 19.1 Å². The smallest absolute Gasteiger partial charge is 0.307 e. The van der Waals surface area contributed by atoms with Crippen molar-refractivity contribution in [3.8, 4) is 0 Å². The summed E-state index contributed by atoms with van der Waals surface area (Å²) in [5.41, 5.74) is 1.79. The van der Waals surface area contributed by atoms with E-state index in [4.69, 9.17) is 4.74 Å². The van der Waals surface area contributed by atoms with Crippen LogP contribution in [0.4, 0.5) is 0 Å². The highest BCUT2D eigenvalue weighted by atomic mass is 16.5. The molecule has 2 heterocycles. The number of ether oxygens (including phenoxy) is 1. The van der Waals surface area contributed by atoms with Crippen LogP contribution in [0, 0.1) is 0 Å². The Kier molecular flexibility index (Phi) is 5.48. The van der Waals surface area contributed by atoms with Crippen molar-refractivity contribution < 1.29 is 9.53 Å². The normalized spacial score (nSPS) is 17.1. The van der Waals surface area contributed by atoms with Gasteiger partial charge in [0.1, 0.15) is 6.10 Å². The number of hydrogen-bond donors (Lipinski definition) is 0. The van der Waals surface area contributed by atoms with Crippen LogP contribution < -0.4 is 5.56 Å². The lowest BCUT2D eigenvalue weighted by molar-refractivity contribution is -0.148. The highest BCUT2D eigenvalue weighted by Crippen LogP contribution is 2.16. The second-order valence-corrected chi connectivity index (χ2v) is 7.13. The number of benzene rings is 2. The second-order valence-electron chi connectivity index (χ2n) is 7.13. The Balaban J connectivity index is 1.28. The first kappa shape index (κ1) is 18.4. The number of esters is 1. The highest BCUT2D eigenvalue weighted by Gasteiger charge is 2.25. The number of carbonyl (C=O) groups is 1. The lowest BCUT2D eigenvalue weighted by Crippen LogP contribution is -2.26. The molecule has 1 aliphatic rings. The van der Waals surface area contributed by atoms with Gasteiger partial charge in [-0.2, -0.15) is 0 Å². The van der Waals surface area contributed by atoms with Crippen molar-refractivity contribution in [1.82, 2.24) is 14.5 Å². The first-order valence-electron chi connectivity index (χ1n) is 9.59. The topological polar surface area (TPSA) is 64.4 Å². The maximum atomic E-state index is 12.5. The minimum atomic E-state index is -0.272. The van der Waals surface area contributed by atoms with Gasteiger partial charge in [0.15, 0.2) is 0 Å². The molecule has 1 fully saturated rings. The molecule has 0 amide bonds. The minimum absolute atomic E-state index is 0.0809. The lowest BCUT2D eigenvalue weighted by atomic mass is 10.2. The number of para-hydroxylation sites is 1. The molecule has 0 aliphatic carbocycles. The van der Waals surface area contributed by atoms with Crippen LogP contribution in [-0.2, 0) is 22.6 Å². The summed E-state index contributed by atoms with van der Waals surface area (Å²) in [6.45, 7) is 2.81. The van der Waals surface area contributed by atoms with Crippen molar-refractivity contribution in [3.05, 3.63) is 76.8 Å². The van der Waals surface area contributed by atoms with E-state index in [1.54, 1.807) is 12.1 Å². The Morgan fingerprint density at radius 3 is 2.75 bits per heavy atom. The largest absolute Gasteiger partial charge is 0.461 e. The highest BCUT2D eigenvalue weighted by molar-refractivity contribution is 5.77. The van der Waals surface area contributed by atoms with E-state index in [1.165, 1.54) is 16.5 Å². The Bertz CT molecular complexity index is 1020. The van der Waals surface area contributed by atoms with E-state index in [-0.39, 0.29) is 30.6 Å². The van der Waals surface area contributed by atoms with Crippen LogP contribution in [0.5, 0.6) is 0 Å². The van der Waals surface area contributed by atoms with Crippen molar-refractivity contribution in [1.29, 1.82) is 0 Å². The number of nitrogens with zero attached hydrogens (tertiary/aromatic N) is 3. The fraction of sp³-hybridized carbons (Fsp3) is 0.318. The molecule has 28 heavy (non-hydrogen) atoms. The maximum absolute atomic E-state index is 12.5. The molecule has 1 aromatic heterocycles. The lowest BCUT2D eigenvalue weighted by Gasteiger charge is -2.16. The summed E-state index contributed by atoms with van der Waals surface area (Å²) >= 11 is 0. The molecule has 0 spiro atoms. The summed E-state index contributed by atoms with van der Waals surface area (Å²) in [4.78, 5) is 31.3. The molecule has 2 aromatic carbocycles. The fourth-order valence-corrected chi connectivity index (χ4v) is 3.60. The first-order chi connectivity index (χ1) is 13.7. The summed E-state index contributed by atoms with van der Waals surface area (Å²) in [6.07, 6.45) is 2.42. The molecule has 0 saturated carbocycles. The van der Waals surface area contributed by atoms with E-state index in [0.717, 1.165) is 26.1 Å². The molecule has 0 N–H and O–H groups in total. The SMILES string of the molecule is O=C(CCn1cnc2ccccc2c1=O)O[C@@H]1CCN(Cc2ccccc2)C1. The quantitative estimate of drug-likeness (QED) is 0.618. The number of carbonyl (C=O) groups excluding carboxylic acids is 1. The second kappa shape index (κ2) is 8.35. The van der Waals surface area contributed by atoms with Crippen LogP contribution in [0.3, 0.4) is 0 Å². The summed E-state index contributed by atoms with van der Waals surface area (Å²) in [5, 5.41) is 0.561. The van der Waals surface area contributed by atoms with E-state index < -0.39 is 0 Å². The van der Waals surface area contributed by atoms with Crippen molar-refractivity contribution >= 4 is 16.9 Å². The zero-order valence-corrected chi connectivity index (χ0v) is 15.7. The van der Waals surface area contributed by atoms with Gasteiger partial charge in [0.05, 0.1) is 23.7 Å². The van der Waals surface area contributed by atoms with Crippen molar-refractivity contribution in [3.63, 3.8) is 0 Å². The minimum Gasteiger partial charge on any atom is -0.461 e. The number of fused-ring (bicyclic) bond motifs is 1. The van der Waals surface area contributed by atoms with Gasteiger partial charge in [-0.25, -0.2) is 4.98 Å². The molecular weight excluding hydrogens is 354 g/mol. The van der Waals surface area contributed by atoms with E-state index >= 15 is 0 Å². The van der Waals surface area contributed by atoms with Gasteiger partial charge in [0, 0.05) is 26.2 Å². The van der Waals surface area contributed by atoms with Crippen LogP contribution in [0.15, 0.2) is 65.7 Å². The number of aryl methyl sites for hydroxylation is 1. The predicted octanol–water partition coefficient (Wildman–Crippen LogP) is 2.60. The summed E-state index contributed by atoms with van der Waals surface area (Å²) in [7, 11) is 0. The molecule has 0 bridgehead atoms. The van der Waals surface area contributed by atoms with E-state index in [1.807, 2.05) is 30.3 Å². The Morgan fingerprint density at radius 2 is 1.89 bits per heavy atom. The van der Waals surface area contributed by atoms with Crippen LogP contribution >= 0.6 is 0 Å². The molecule has 6 heteroatoms. The molecule has 1 atom stereocenters. The number of rotatable bonds is 6. The third kappa shape index (κ3) is 4.28. The van der Waals surface area contributed by atoms with E-state index in [9.17, 15) is 9.59 Å². The Labute approximate surface area is 163 Å². The number of likely N-dealkylation sites (tertiary alicyclic amines) is 1. The third-order valence-electron chi connectivity index (χ3n) is 5.06. The van der Waals surface area contributed by atoms with Crippen molar-refractivity contribution in [2.24, 2.45) is 0 Å². The molecule has 1 saturated heterocycles. The van der Waals surface area contributed by atoms with Gasteiger partial charge in [0.2, 0.25) is 0 Å². The number of aromatic nitrogens is 2. The monoisotopic (exact) mass is 377 g/mol. The first-order valence-corrected chi connectivity index (χ1v) is 9.59. The average molecular weight is 377 g/mol. The Hall–Kier alpha value is -2.99. The summed E-state index contributed by atoms with van der Waals surface area (Å²) in [5.74, 6) is -0.272. The van der Waals surface area contributed by atoms with Crippen LogP contribution in [0.1, 0.15) is 18.4 Å². The van der Waals surface area contributed by atoms with Gasteiger partial charge in [-0.15, -0.1) is 0 Å². The van der Waals surface area contributed by atoms with Gasteiger partial charge < -0.3 is 4.74 Å². The van der Waals surface area contributed by atoms with E-state index in [2.05, 4.69) is 22.0 Å². The van der Waals surface area contributed by atoms with Gasteiger partial charge in [-0.1, -0.05) is 42.5 Å². The molecule has 0 radical (unpaired) electrons. The average Bonchev–Trinajstić information content (AvgIpc) is 3.15. The van der Waals surface area contributed by atoms with Crippen LogP contribution in [0.25, 0.3) is 10.9 Å². The molecule has 144 valence electrons. The molecule has 3 aromatic rings. The predicted molar refractivity (Wildman–Crippen MR) is 107 cm³/mol. The van der Waals surface area contributed by atoms with Gasteiger partial charge in [-0.05, 0) is 24.1 Å². The molecule has 6 nitrogen and oxygen atoms in total. The van der Waals surface area contributed by atoms with Crippen molar-refractivity contribution in [2.45, 2.75) is 32.0 Å². The van der Waals surface area contributed by atoms with Crippen molar-refractivity contribution in [2.75, 3.05) is 13.1 Å². The maximum Gasteiger partial charge on any atom is 0.307 e. The fourth-order valence-electron chi connectivity index (χ4n) is 3.60. The Morgan fingerprint density at radius 1 is 1.11 bits per heavy atom. The zero-order valence-electron chi connectivity index (χ0n) is 15.7. The number of hydrogen-bond acceptors (Lipinski definition) is 5. The van der Waals surface area contributed by atoms with E-state index in [0.29, 0.717) is 10.9 Å². The zero-order chi connectivity index (χ0) is 19.3.